The molecular weight excluding hydrogens is 544 g/mol. The molecule has 25 heavy (non-hydrogen) atoms. The number of carbonyl (C=O) groups is 1. The van der Waals surface area contributed by atoms with Gasteiger partial charge in [-0.15, -0.1) is 0 Å². The molecule has 0 saturated carbocycles. The molecule has 0 bridgehead atoms. The highest BCUT2D eigenvalue weighted by atomic mass is 127. The molecule has 0 N–H and O–H groups in total. The molecule has 0 spiro atoms. The van der Waals surface area contributed by atoms with Crippen molar-refractivity contribution in [2.45, 2.75) is 13.3 Å². The number of aliphatic imine (C=N–C) groups is 1. The van der Waals surface area contributed by atoms with Crippen LogP contribution in [0.25, 0.3) is 6.08 Å². The average molecular weight is 559 g/mol. The van der Waals surface area contributed by atoms with Crippen LogP contribution in [0.2, 0.25) is 0 Å². The summed E-state index contributed by atoms with van der Waals surface area (Å²) in [6, 6.07) is 13.3. The van der Waals surface area contributed by atoms with Crippen LogP contribution in [-0.2, 0) is 9.53 Å². The van der Waals surface area contributed by atoms with Crippen molar-refractivity contribution in [3.8, 4) is 5.75 Å². The van der Waals surface area contributed by atoms with Gasteiger partial charge in [0.05, 0.1) is 13.7 Å². The van der Waals surface area contributed by atoms with E-state index in [1.165, 1.54) is 0 Å². The molecule has 1 aliphatic rings. The summed E-state index contributed by atoms with van der Waals surface area (Å²) < 4.78 is 13.1. The molecule has 1 aliphatic heterocycles. The van der Waals surface area contributed by atoms with Crippen molar-refractivity contribution in [1.29, 1.82) is 0 Å². The summed E-state index contributed by atoms with van der Waals surface area (Å²) >= 11 is 4.49. The second-order valence-corrected chi connectivity index (χ2v) is 7.69. The third-order valence-corrected chi connectivity index (χ3v) is 5.02. The average Bonchev–Trinajstić information content (AvgIpc) is 2.96. The largest absolute Gasteiger partial charge is 0.491 e. The quantitative estimate of drug-likeness (QED) is 0.294. The highest BCUT2D eigenvalue weighted by Gasteiger charge is 2.24. The second-order valence-electron chi connectivity index (χ2n) is 5.36. The standard InChI is InChI=1S/C19H15I2NO3/c1-2-8-24-17-14(20)9-12(10-15(17)21)11-16-19(23)25-18(22-16)13-6-4-3-5-7-13/h3-7,9-11H,2,8H2,1H3/b16-11-. The molecule has 1 heterocycles. The Balaban J connectivity index is 1.90. The van der Waals surface area contributed by atoms with E-state index in [-0.39, 0.29) is 0 Å². The molecule has 0 saturated heterocycles. The summed E-state index contributed by atoms with van der Waals surface area (Å²) in [7, 11) is 0. The fraction of sp³-hybridized carbons (Fsp3) is 0.158. The number of ether oxygens (including phenoxy) is 2. The van der Waals surface area contributed by atoms with E-state index in [1.807, 2.05) is 42.5 Å². The minimum Gasteiger partial charge on any atom is -0.491 e. The minimum atomic E-state index is -0.435. The van der Waals surface area contributed by atoms with Crippen LogP contribution in [0.4, 0.5) is 0 Å². The van der Waals surface area contributed by atoms with Gasteiger partial charge in [-0.1, -0.05) is 25.1 Å². The van der Waals surface area contributed by atoms with E-state index in [2.05, 4.69) is 57.1 Å². The summed E-state index contributed by atoms with van der Waals surface area (Å²) in [5, 5.41) is 0. The van der Waals surface area contributed by atoms with Crippen LogP contribution in [0.5, 0.6) is 5.75 Å². The molecule has 0 aromatic heterocycles. The van der Waals surface area contributed by atoms with Crippen LogP contribution in [-0.4, -0.2) is 18.5 Å². The van der Waals surface area contributed by atoms with Gasteiger partial charge in [-0.2, -0.15) is 0 Å². The molecule has 0 radical (unpaired) electrons. The molecule has 128 valence electrons. The lowest BCUT2D eigenvalue weighted by Crippen LogP contribution is -2.05. The highest BCUT2D eigenvalue weighted by Crippen LogP contribution is 2.30. The zero-order valence-electron chi connectivity index (χ0n) is 13.5. The van der Waals surface area contributed by atoms with E-state index in [0.717, 1.165) is 30.4 Å². The van der Waals surface area contributed by atoms with Gasteiger partial charge in [0, 0.05) is 5.56 Å². The Bertz CT molecular complexity index is 837. The predicted octanol–water partition coefficient (Wildman–Crippen LogP) is 5.03. The zero-order valence-corrected chi connectivity index (χ0v) is 17.8. The number of carbonyl (C=O) groups excluding carboxylic acids is 1. The van der Waals surface area contributed by atoms with Gasteiger partial charge in [0.25, 0.3) is 0 Å². The number of hydrogen-bond donors (Lipinski definition) is 0. The van der Waals surface area contributed by atoms with Gasteiger partial charge in [-0.25, -0.2) is 9.79 Å². The topological polar surface area (TPSA) is 47.9 Å². The fourth-order valence-electron chi connectivity index (χ4n) is 2.28. The monoisotopic (exact) mass is 559 g/mol. The third-order valence-electron chi connectivity index (χ3n) is 3.42. The zero-order chi connectivity index (χ0) is 17.8. The number of rotatable bonds is 5. The van der Waals surface area contributed by atoms with E-state index < -0.39 is 5.97 Å². The Hall–Kier alpha value is -1.42. The summed E-state index contributed by atoms with van der Waals surface area (Å²) in [5.41, 5.74) is 1.97. The Morgan fingerprint density at radius 3 is 2.48 bits per heavy atom. The summed E-state index contributed by atoms with van der Waals surface area (Å²) in [6.07, 6.45) is 2.70. The lowest BCUT2D eigenvalue weighted by atomic mass is 10.2. The molecular formula is C19H15I2NO3. The SMILES string of the molecule is CCCOc1c(I)cc(/C=C2\N=C(c3ccccc3)OC2=O)cc1I. The minimum absolute atomic E-state index is 0.299. The molecule has 0 fully saturated rings. The lowest BCUT2D eigenvalue weighted by molar-refractivity contribution is -0.129. The summed E-state index contributed by atoms with van der Waals surface area (Å²) in [5.74, 6) is 0.784. The Kier molecular flexibility index (Phi) is 6.10. The van der Waals surface area contributed by atoms with Crippen LogP contribution < -0.4 is 4.74 Å². The van der Waals surface area contributed by atoms with Crippen molar-refractivity contribution < 1.29 is 14.3 Å². The lowest BCUT2D eigenvalue weighted by Gasteiger charge is -2.10. The molecule has 2 aromatic rings. The predicted molar refractivity (Wildman–Crippen MR) is 115 cm³/mol. The van der Waals surface area contributed by atoms with Gasteiger partial charge in [-0.3, -0.25) is 0 Å². The van der Waals surface area contributed by atoms with Gasteiger partial charge < -0.3 is 9.47 Å². The third kappa shape index (κ3) is 4.41. The number of hydrogen-bond acceptors (Lipinski definition) is 4. The number of benzene rings is 2. The van der Waals surface area contributed by atoms with E-state index in [4.69, 9.17) is 9.47 Å². The van der Waals surface area contributed by atoms with Crippen molar-refractivity contribution >= 4 is 63.1 Å². The van der Waals surface area contributed by atoms with Crippen LogP contribution in [0, 0.1) is 7.14 Å². The molecule has 0 amide bonds. The molecule has 6 heteroatoms. The number of halogens is 2. The van der Waals surface area contributed by atoms with Crippen molar-refractivity contribution in [3.63, 3.8) is 0 Å². The molecule has 0 aliphatic carbocycles. The first-order chi connectivity index (χ1) is 12.1. The van der Waals surface area contributed by atoms with Gasteiger partial charge in [0.2, 0.25) is 5.90 Å². The molecule has 3 rings (SSSR count). The van der Waals surface area contributed by atoms with E-state index in [9.17, 15) is 4.79 Å². The van der Waals surface area contributed by atoms with Gasteiger partial charge in [-0.05, 0) is 87.5 Å². The maximum atomic E-state index is 12.1. The van der Waals surface area contributed by atoms with E-state index in [0.29, 0.717) is 18.2 Å². The maximum absolute atomic E-state index is 12.1. The number of cyclic esters (lactones) is 1. The number of esters is 1. The summed E-state index contributed by atoms with van der Waals surface area (Å²) in [4.78, 5) is 16.4. The first-order valence-electron chi connectivity index (χ1n) is 7.78. The molecule has 2 aromatic carbocycles. The summed E-state index contributed by atoms with van der Waals surface area (Å²) in [6.45, 7) is 2.76. The molecule has 4 nitrogen and oxygen atoms in total. The fourth-order valence-corrected chi connectivity index (χ4v) is 4.40. The maximum Gasteiger partial charge on any atom is 0.363 e. The van der Waals surface area contributed by atoms with Crippen molar-refractivity contribution in [2.24, 2.45) is 4.99 Å². The van der Waals surface area contributed by atoms with Gasteiger partial charge in [0.1, 0.15) is 5.75 Å². The molecule has 0 unspecified atom stereocenters. The first kappa shape index (κ1) is 18.4. The van der Waals surface area contributed by atoms with Crippen LogP contribution in [0.1, 0.15) is 24.5 Å². The Morgan fingerprint density at radius 2 is 1.84 bits per heavy atom. The van der Waals surface area contributed by atoms with Gasteiger partial charge >= 0.3 is 5.97 Å². The second kappa shape index (κ2) is 8.31. The van der Waals surface area contributed by atoms with E-state index >= 15 is 0 Å². The number of nitrogens with zero attached hydrogens (tertiary/aromatic N) is 1. The Labute approximate surface area is 173 Å². The first-order valence-corrected chi connectivity index (χ1v) is 9.94. The highest BCUT2D eigenvalue weighted by molar-refractivity contribution is 14.1. The van der Waals surface area contributed by atoms with Crippen molar-refractivity contribution in [3.05, 3.63) is 66.4 Å². The molecule has 0 atom stereocenters. The van der Waals surface area contributed by atoms with Crippen molar-refractivity contribution in [1.82, 2.24) is 0 Å². The van der Waals surface area contributed by atoms with Crippen molar-refractivity contribution in [2.75, 3.05) is 6.61 Å². The van der Waals surface area contributed by atoms with Gasteiger partial charge in [0.15, 0.2) is 5.70 Å². The van der Waals surface area contributed by atoms with Crippen LogP contribution in [0.15, 0.2) is 53.2 Å². The van der Waals surface area contributed by atoms with Crippen LogP contribution >= 0.6 is 45.2 Å². The van der Waals surface area contributed by atoms with Crippen LogP contribution in [0.3, 0.4) is 0 Å². The smallest absolute Gasteiger partial charge is 0.363 e. The van der Waals surface area contributed by atoms with E-state index in [1.54, 1.807) is 6.08 Å². The Morgan fingerprint density at radius 1 is 1.16 bits per heavy atom. The normalized spacial score (nSPS) is 15.2.